The standard InChI is InChI=1S/C16H16BrClFNO/c1-2-13(20)16(10-6-3-4-7-11(10)17)21-14-9-5-8-12(18)15(14)19/h3-9,13,16H,2,20H2,1H3. The Labute approximate surface area is 137 Å². The SMILES string of the molecule is CCC(N)C(Oc1cccc(Cl)c1F)c1ccccc1Br. The number of nitrogens with two attached hydrogens (primary N) is 1. The summed E-state index contributed by atoms with van der Waals surface area (Å²) in [6.45, 7) is 1.96. The summed E-state index contributed by atoms with van der Waals surface area (Å²) in [6.07, 6.45) is 0.243. The molecule has 2 aromatic carbocycles. The summed E-state index contributed by atoms with van der Waals surface area (Å²) in [5, 5.41) is 0.0310. The third kappa shape index (κ3) is 3.76. The Bertz CT molecular complexity index is 623. The fraction of sp³-hybridized carbons (Fsp3) is 0.250. The molecule has 21 heavy (non-hydrogen) atoms. The Morgan fingerprint density at radius 3 is 2.62 bits per heavy atom. The number of rotatable bonds is 5. The summed E-state index contributed by atoms with van der Waals surface area (Å²) in [5.74, 6) is -0.466. The van der Waals surface area contributed by atoms with E-state index in [1.807, 2.05) is 31.2 Å². The molecule has 2 nitrogen and oxygen atoms in total. The predicted octanol–water partition coefficient (Wildman–Crippen LogP) is 5.10. The molecule has 0 aliphatic heterocycles. The molecule has 2 rings (SSSR count). The molecule has 2 unspecified atom stereocenters. The monoisotopic (exact) mass is 371 g/mol. The minimum absolute atomic E-state index is 0.0310. The first-order valence-electron chi connectivity index (χ1n) is 6.65. The van der Waals surface area contributed by atoms with Crippen LogP contribution >= 0.6 is 27.5 Å². The first-order valence-corrected chi connectivity index (χ1v) is 7.82. The van der Waals surface area contributed by atoms with Crippen LogP contribution < -0.4 is 10.5 Å². The van der Waals surface area contributed by atoms with Gasteiger partial charge in [0.1, 0.15) is 6.10 Å². The highest BCUT2D eigenvalue weighted by Gasteiger charge is 2.24. The number of ether oxygens (including phenoxy) is 1. The number of hydrogen-bond donors (Lipinski definition) is 1. The smallest absolute Gasteiger partial charge is 0.183 e. The first-order chi connectivity index (χ1) is 10.0. The minimum Gasteiger partial charge on any atom is -0.481 e. The maximum atomic E-state index is 14.0. The molecular weight excluding hydrogens is 357 g/mol. The van der Waals surface area contributed by atoms with Crippen molar-refractivity contribution >= 4 is 27.5 Å². The van der Waals surface area contributed by atoms with E-state index in [2.05, 4.69) is 15.9 Å². The van der Waals surface area contributed by atoms with Crippen LogP contribution in [-0.2, 0) is 0 Å². The molecule has 2 N–H and O–H groups in total. The van der Waals surface area contributed by atoms with E-state index in [-0.39, 0.29) is 16.8 Å². The average molecular weight is 373 g/mol. The number of halogens is 3. The van der Waals surface area contributed by atoms with Gasteiger partial charge in [0.2, 0.25) is 0 Å². The van der Waals surface area contributed by atoms with Crippen molar-refractivity contribution in [3.63, 3.8) is 0 Å². The second-order valence-electron chi connectivity index (χ2n) is 4.68. The van der Waals surface area contributed by atoms with Crippen molar-refractivity contribution in [1.29, 1.82) is 0 Å². The highest BCUT2D eigenvalue weighted by molar-refractivity contribution is 9.10. The second kappa shape index (κ2) is 7.25. The van der Waals surface area contributed by atoms with Gasteiger partial charge in [-0.3, -0.25) is 0 Å². The van der Waals surface area contributed by atoms with Crippen LogP contribution in [0.5, 0.6) is 5.75 Å². The summed E-state index contributed by atoms with van der Waals surface area (Å²) < 4.78 is 20.7. The quantitative estimate of drug-likeness (QED) is 0.792. The van der Waals surface area contributed by atoms with Crippen LogP contribution in [0.25, 0.3) is 0 Å². The van der Waals surface area contributed by atoms with Crippen LogP contribution in [0.15, 0.2) is 46.9 Å². The number of hydrogen-bond acceptors (Lipinski definition) is 2. The van der Waals surface area contributed by atoms with Crippen molar-refractivity contribution in [2.24, 2.45) is 5.73 Å². The molecule has 2 atom stereocenters. The van der Waals surface area contributed by atoms with Gasteiger partial charge in [-0.25, -0.2) is 4.39 Å². The van der Waals surface area contributed by atoms with E-state index in [1.165, 1.54) is 6.07 Å². The lowest BCUT2D eigenvalue weighted by atomic mass is 10.0. The summed E-state index contributed by atoms with van der Waals surface area (Å²) >= 11 is 9.28. The molecule has 0 saturated heterocycles. The minimum atomic E-state index is -0.570. The Morgan fingerprint density at radius 1 is 1.24 bits per heavy atom. The molecule has 0 aliphatic carbocycles. The van der Waals surface area contributed by atoms with E-state index >= 15 is 0 Å². The van der Waals surface area contributed by atoms with E-state index in [0.29, 0.717) is 6.42 Å². The van der Waals surface area contributed by atoms with Crippen molar-refractivity contribution < 1.29 is 9.13 Å². The Morgan fingerprint density at radius 2 is 1.95 bits per heavy atom. The Balaban J connectivity index is 2.38. The third-order valence-corrected chi connectivity index (χ3v) is 4.26. The lowest BCUT2D eigenvalue weighted by Gasteiger charge is -2.26. The van der Waals surface area contributed by atoms with Crippen LogP contribution in [0, 0.1) is 5.82 Å². The first kappa shape index (κ1) is 16.3. The molecule has 5 heteroatoms. The van der Waals surface area contributed by atoms with Crippen LogP contribution in [0.1, 0.15) is 25.0 Å². The molecule has 0 aromatic heterocycles. The van der Waals surface area contributed by atoms with Crippen molar-refractivity contribution in [2.45, 2.75) is 25.5 Å². The normalized spacial score (nSPS) is 13.8. The summed E-state index contributed by atoms with van der Waals surface area (Å²) in [4.78, 5) is 0. The van der Waals surface area contributed by atoms with Gasteiger partial charge in [0.25, 0.3) is 0 Å². The fourth-order valence-electron chi connectivity index (χ4n) is 2.01. The predicted molar refractivity (Wildman–Crippen MR) is 87.2 cm³/mol. The average Bonchev–Trinajstić information content (AvgIpc) is 2.49. The van der Waals surface area contributed by atoms with Crippen molar-refractivity contribution in [3.05, 3.63) is 63.3 Å². The molecule has 2 aromatic rings. The van der Waals surface area contributed by atoms with Crippen LogP contribution in [0.2, 0.25) is 5.02 Å². The molecule has 0 radical (unpaired) electrons. The van der Waals surface area contributed by atoms with E-state index in [1.54, 1.807) is 12.1 Å². The van der Waals surface area contributed by atoms with Crippen molar-refractivity contribution in [2.75, 3.05) is 0 Å². The lowest BCUT2D eigenvalue weighted by molar-refractivity contribution is 0.163. The van der Waals surface area contributed by atoms with Gasteiger partial charge in [0, 0.05) is 16.1 Å². The van der Waals surface area contributed by atoms with E-state index in [0.717, 1.165) is 10.0 Å². The second-order valence-corrected chi connectivity index (χ2v) is 5.95. The molecule has 0 spiro atoms. The topological polar surface area (TPSA) is 35.2 Å². The van der Waals surface area contributed by atoms with Gasteiger partial charge in [-0.05, 0) is 24.6 Å². The third-order valence-electron chi connectivity index (χ3n) is 3.24. The van der Waals surface area contributed by atoms with Gasteiger partial charge in [-0.1, -0.05) is 58.7 Å². The maximum absolute atomic E-state index is 14.0. The van der Waals surface area contributed by atoms with Gasteiger partial charge in [-0.15, -0.1) is 0 Å². The molecule has 0 amide bonds. The fourth-order valence-corrected chi connectivity index (χ4v) is 2.69. The van der Waals surface area contributed by atoms with Gasteiger partial charge in [0.15, 0.2) is 11.6 Å². The molecule has 112 valence electrons. The Hall–Kier alpha value is -1.10. The van der Waals surface area contributed by atoms with Gasteiger partial charge in [-0.2, -0.15) is 0 Å². The zero-order chi connectivity index (χ0) is 15.4. The number of benzene rings is 2. The maximum Gasteiger partial charge on any atom is 0.183 e. The summed E-state index contributed by atoms with van der Waals surface area (Å²) in [7, 11) is 0. The lowest BCUT2D eigenvalue weighted by Crippen LogP contribution is -2.32. The van der Waals surface area contributed by atoms with Gasteiger partial charge in [0.05, 0.1) is 5.02 Å². The van der Waals surface area contributed by atoms with Crippen molar-refractivity contribution in [1.82, 2.24) is 0 Å². The van der Waals surface area contributed by atoms with E-state index in [9.17, 15) is 4.39 Å². The molecular formula is C16H16BrClFNO. The molecule has 0 saturated carbocycles. The highest BCUT2D eigenvalue weighted by atomic mass is 79.9. The molecule has 0 heterocycles. The van der Waals surface area contributed by atoms with E-state index in [4.69, 9.17) is 22.1 Å². The zero-order valence-electron chi connectivity index (χ0n) is 11.5. The van der Waals surface area contributed by atoms with Crippen molar-refractivity contribution in [3.8, 4) is 5.75 Å². The zero-order valence-corrected chi connectivity index (χ0v) is 13.9. The molecule has 0 bridgehead atoms. The highest BCUT2D eigenvalue weighted by Crippen LogP contribution is 2.33. The summed E-state index contributed by atoms with van der Waals surface area (Å²) in [5.41, 5.74) is 7.03. The van der Waals surface area contributed by atoms with E-state index < -0.39 is 11.9 Å². The Kier molecular flexibility index (Phi) is 5.62. The molecule has 0 fully saturated rings. The largest absolute Gasteiger partial charge is 0.481 e. The summed E-state index contributed by atoms with van der Waals surface area (Å²) in [6, 6.07) is 12.0. The van der Waals surface area contributed by atoms with Gasteiger partial charge < -0.3 is 10.5 Å². The van der Waals surface area contributed by atoms with Crippen LogP contribution in [0.3, 0.4) is 0 Å². The molecule has 0 aliphatic rings. The van der Waals surface area contributed by atoms with Crippen LogP contribution in [0.4, 0.5) is 4.39 Å². The van der Waals surface area contributed by atoms with Gasteiger partial charge >= 0.3 is 0 Å². The van der Waals surface area contributed by atoms with Crippen LogP contribution in [-0.4, -0.2) is 6.04 Å².